The fraction of sp³-hybridized carbons (Fsp3) is 0.391. The van der Waals surface area contributed by atoms with E-state index in [-0.39, 0.29) is 17.9 Å². The Morgan fingerprint density at radius 1 is 1.00 bits per heavy atom. The minimum atomic E-state index is -0.284. The number of hydrogen-bond acceptors (Lipinski definition) is 4. The minimum absolute atomic E-state index is 0.211. The topological polar surface area (TPSA) is 76.7 Å². The summed E-state index contributed by atoms with van der Waals surface area (Å²) in [6.07, 6.45) is 5.28. The highest BCUT2D eigenvalue weighted by Gasteiger charge is 2.25. The second-order valence-electron chi connectivity index (χ2n) is 7.19. The maximum Gasteiger partial charge on any atom is 0.255 e. The van der Waals surface area contributed by atoms with E-state index in [1.807, 2.05) is 0 Å². The molecule has 154 valence electrons. The maximum atomic E-state index is 12.7. The summed E-state index contributed by atoms with van der Waals surface area (Å²) in [5, 5.41) is 5.78. The van der Waals surface area contributed by atoms with E-state index >= 15 is 0 Å². The van der Waals surface area contributed by atoms with Crippen molar-refractivity contribution in [2.75, 3.05) is 19.0 Å². The van der Waals surface area contributed by atoms with Gasteiger partial charge in [-0.1, -0.05) is 19.8 Å². The number of benzene rings is 2. The molecule has 0 unspecified atom stereocenters. The smallest absolute Gasteiger partial charge is 0.255 e. The molecule has 2 aromatic rings. The molecule has 2 N–H and O–H groups in total. The van der Waals surface area contributed by atoms with Crippen LogP contribution in [-0.2, 0) is 0 Å². The number of unbranched alkanes of at least 4 members (excludes halogenated alkanes) is 2. The molecule has 1 saturated carbocycles. The highest BCUT2D eigenvalue weighted by Crippen LogP contribution is 2.25. The molecule has 0 saturated heterocycles. The summed E-state index contributed by atoms with van der Waals surface area (Å²) >= 11 is 0. The lowest BCUT2D eigenvalue weighted by molar-refractivity contribution is 0.0951. The maximum absolute atomic E-state index is 12.7. The van der Waals surface area contributed by atoms with Gasteiger partial charge < -0.3 is 20.1 Å². The number of ether oxygens (including phenoxy) is 2. The van der Waals surface area contributed by atoms with Crippen LogP contribution in [0, 0.1) is 0 Å². The van der Waals surface area contributed by atoms with Crippen molar-refractivity contribution in [2.45, 2.75) is 45.1 Å². The van der Waals surface area contributed by atoms with E-state index in [2.05, 4.69) is 17.6 Å². The van der Waals surface area contributed by atoms with Gasteiger partial charge in [0.15, 0.2) is 0 Å². The average Bonchev–Trinajstić information content (AvgIpc) is 3.56. The van der Waals surface area contributed by atoms with E-state index in [1.165, 1.54) is 0 Å². The molecule has 2 aromatic carbocycles. The fourth-order valence-corrected chi connectivity index (χ4v) is 2.88. The van der Waals surface area contributed by atoms with Crippen LogP contribution in [-0.4, -0.2) is 31.6 Å². The van der Waals surface area contributed by atoms with Gasteiger partial charge in [-0.2, -0.15) is 0 Å². The van der Waals surface area contributed by atoms with Gasteiger partial charge in [0, 0.05) is 11.6 Å². The molecule has 0 aromatic heterocycles. The van der Waals surface area contributed by atoms with E-state index in [0.717, 1.165) is 37.9 Å². The summed E-state index contributed by atoms with van der Waals surface area (Å²) in [4.78, 5) is 25.2. The van der Waals surface area contributed by atoms with Crippen molar-refractivity contribution in [1.82, 2.24) is 5.32 Å². The molecule has 6 nitrogen and oxygen atoms in total. The molecule has 0 spiro atoms. The summed E-state index contributed by atoms with van der Waals surface area (Å²) in [6.45, 7) is 2.82. The van der Waals surface area contributed by atoms with E-state index in [1.54, 1.807) is 49.6 Å². The van der Waals surface area contributed by atoms with Gasteiger partial charge in [0.25, 0.3) is 11.8 Å². The first-order valence-corrected chi connectivity index (χ1v) is 10.1. The molecule has 1 aliphatic rings. The monoisotopic (exact) mass is 396 g/mol. The van der Waals surface area contributed by atoms with Crippen LogP contribution in [0.15, 0.2) is 42.5 Å². The minimum Gasteiger partial charge on any atom is -0.497 e. The number of methoxy groups -OCH3 is 1. The molecule has 1 aliphatic carbocycles. The Labute approximate surface area is 171 Å². The first-order chi connectivity index (χ1) is 14.1. The molecule has 3 rings (SSSR count). The van der Waals surface area contributed by atoms with Gasteiger partial charge in [-0.05, 0) is 61.7 Å². The average molecular weight is 396 g/mol. The van der Waals surface area contributed by atoms with Crippen LogP contribution in [0.4, 0.5) is 5.69 Å². The standard InChI is InChI=1S/C23H28N2O4/c1-3-4-5-14-29-18-10-6-16(7-11-18)22(26)25-21-13-12-19(28-2)15-20(21)23(27)24-17-8-9-17/h6-7,10-13,15,17H,3-5,8-9,14H2,1-2H3,(H,24,27)(H,25,26). The van der Waals surface area contributed by atoms with Crippen molar-refractivity contribution in [3.05, 3.63) is 53.6 Å². The van der Waals surface area contributed by atoms with Crippen LogP contribution in [0.2, 0.25) is 0 Å². The van der Waals surface area contributed by atoms with Gasteiger partial charge in [0.1, 0.15) is 11.5 Å². The molecule has 6 heteroatoms. The molecule has 0 aliphatic heterocycles. The highest BCUT2D eigenvalue weighted by atomic mass is 16.5. The second-order valence-corrected chi connectivity index (χ2v) is 7.19. The fourth-order valence-electron chi connectivity index (χ4n) is 2.88. The number of carbonyl (C=O) groups excluding carboxylic acids is 2. The Bertz CT molecular complexity index is 844. The number of anilines is 1. The summed E-state index contributed by atoms with van der Waals surface area (Å²) < 4.78 is 10.9. The van der Waals surface area contributed by atoms with Crippen molar-refractivity contribution >= 4 is 17.5 Å². The lowest BCUT2D eigenvalue weighted by Crippen LogP contribution is -2.27. The molecular formula is C23H28N2O4. The molecule has 0 radical (unpaired) electrons. The third kappa shape index (κ3) is 5.98. The Morgan fingerprint density at radius 2 is 1.72 bits per heavy atom. The van der Waals surface area contributed by atoms with Crippen molar-refractivity contribution in [2.24, 2.45) is 0 Å². The zero-order chi connectivity index (χ0) is 20.6. The predicted molar refractivity (Wildman–Crippen MR) is 113 cm³/mol. The van der Waals surface area contributed by atoms with Gasteiger partial charge in [-0.15, -0.1) is 0 Å². The van der Waals surface area contributed by atoms with Crippen LogP contribution >= 0.6 is 0 Å². The van der Waals surface area contributed by atoms with E-state index in [4.69, 9.17) is 9.47 Å². The van der Waals surface area contributed by atoms with Gasteiger partial charge in [-0.3, -0.25) is 9.59 Å². The van der Waals surface area contributed by atoms with Gasteiger partial charge in [0.05, 0.1) is 25.0 Å². The van der Waals surface area contributed by atoms with Gasteiger partial charge in [0.2, 0.25) is 0 Å². The van der Waals surface area contributed by atoms with Crippen molar-refractivity contribution in [3.8, 4) is 11.5 Å². The zero-order valence-corrected chi connectivity index (χ0v) is 17.0. The molecule has 2 amide bonds. The number of hydrogen-bond donors (Lipinski definition) is 2. The number of amides is 2. The van der Waals surface area contributed by atoms with Crippen LogP contribution in [0.1, 0.15) is 59.7 Å². The van der Waals surface area contributed by atoms with Crippen molar-refractivity contribution in [3.63, 3.8) is 0 Å². The summed E-state index contributed by atoms with van der Waals surface area (Å²) in [5.74, 6) is 0.811. The third-order valence-electron chi connectivity index (χ3n) is 4.77. The predicted octanol–water partition coefficient (Wildman–Crippen LogP) is 4.41. The molecular weight excluding hydrogens is 368 g/mol. The van der Waals surface area contributed by atoms with E-state index in [0.29, 0.717) is 29.2 Å². The first-order valence-electron chi connectivity index (χ1n) is 10.1. The van der Waals surface area contributed by atoms with Crippen LogP contribution in [0.3, 0.4) is 0 Å². The second kappa shape index (κ2) is 9.96. The summed E-state index contributed by atoms with van der Waals surface area (Å²) in [5.41, 5.74) is 1.34. The Morgan fingerprint density at radius 3 is 2.38 bits per heavy atom. The largest absolute Gasteiger partial charge is 0.497 e. The highest BCUT2D eigenvalue weighted by molar-refractivity contribution is 6.09. The first kappa shape index (κ1) is 20.7. The normalized spacial score (nSPS) is 12.9. The van der Waals surface area contributed by atoms with Crippen LogP contribution in [0.5, 0.6) is 11.5 Å². The SMILES string of the molecule is CCCCCOc1ccc(C(=O)Nc2ccc(OC)cc2C(=O)NC2CC2)cc1. The van der Waals surface area contributed by atoms with Gasteiger partial charge >= 0.3 is 0 Å². The molecule has 0 bridgehead atoms. The number of nitrogens with one attached hydrogen (secondary N) is 2. The summed E-state index contributed by atoms with van der Waals surface area (Å²) in [6, 6.07) is 12.3. The van der Waals surface area contributed by atoms with Crippen molar-refractivity contribution < 1.29 is 19.1 Å². The Kier molecular flexibility index (Phi) is 7.11. The lowest BCUT2D eigenvalue weighted by Gasteiger charge is -2.13. The number of carbonyl (C=O) groups is 2. The third-order valence-corrected chi connectivity index (χ3v) is 4.77. The number of rotatable bonds is 10. The molecule has 29 heavy (non-hydrogen) atoms. The summed E-state index contributed by atoms with van der Waals surface area (Å²) in [7, 11) is 1.54. The Balaban J connectivity index is 1.67. The molecule has 0 atom stereocenters. The van der Waals surface area contributed by atoms with Crippen LogP contribution in [0.25, 0.3) is 0 Å². The quantitative estimate of drug-likeness (QED) is 0.583. The molecule has 1 fully saturated rings. The lowest BCUT2D eigenvalue weighted by atomic mass is 10.1. The Hall–Kier alpha value is -3.02. The van der Waals surface area contributed by atoms with Gasteiger partial charge in [-0.25, -0.2) is 0 Å². The van der Waals surface area contributed by atoms with Crippen molar-refractivity contribution in [1.29, 1.82) is 0 Å². The van der Waals surface area contributed by atoms with Crippen LogP contribution < -0.4 is 20.1 Å². The van der Waals surface area contributed by atoms with E-state index < -0.39 is 0 Å². The molecule has 0 heterocycles. The zero-order valence-electron chi connectivity index (χ0n) is 17.0. The van der Waals surface area contributed by atoms with E-state index in [9.17, 15) is 9.59 Å².